The van der Waals surface area contributed by atoms with Crippen molar-refractivity contribution in [3.8, 4) is 0 Å². The van der Waals surface area contributed by atoms with Gasteiger partial charge in [-0.15, -0.1) is 6.58 Å². The van der Waals surface area contributed by atoms with Crippen molar-refractivity contribution in [3.63, 3.8) is 0 Å². The Kier molecular flexibility index (Phi) is 8.17. The van der Waals surface area contributed by atoms with Gasteiger partial charge in [0.2, 0.25) is 8.32 Å². The SMILES string of the molecule is C=CC[C@@H](C[C@H](C)O)O[Si](C(C)C)(C(C)C)C(C)C. The van der Waals surface area contributed by atoms with E-state index in [4.69, 9.17) is 4.43 Å². The number of aliphatic hydroxyl groups is 1. The first-order valence-corrected chi connectivity index (χ1v) is 9.79. The Morgan fingerprint density at radius 2 is 1.42 bits per heavy atom. The first kappa shape index (κ1) is 18.9. The van der Waals surface area contributed by atoms with Gasteiger partial charge in [0.15, 0.2) is 0 Å². The van der Waals surface area contributed by atoms with Gasteiger partial charge in [0.05, 0.1) is 12.2 Å². The molecule has 1 N–H and O–H groups in total. The summed E-state index contributed by atoms with van der Waals surface area (Å²) in [6, 6.07) is 0. The molecule has 3 heteroatoms. The quantitative estimate of drug-likeness (QED) is 0.483. The molecule has 0 bridgehead atoms. The molecule has 0 aromatic heterocycles. The van der Waals surface area contributed by atoms with Crippen LogP contribution in [0, 0.1) is 0 Å². The third kappa shape index (κ3) is 5.05. The normalized spacial score (nSPS) is 16.2. The van der Waals surface area contributed by atoms with Gasteiger partial charge in [-0.25, -0.2) is 0 Å². The average Bonchev–Trinajstić information content (AvgIpc) is 2.23. The lowest BCUT2D eigenvalue weighted by Gasteiger charge is -2.44. The van der Waals surface area contributed by atoms with Gasteiger partial charge in [0.25, 0.3) is 0 Å². The lowest BCUT2D eigenvalue weighted by atomic mass is 10.1. The molecule has 0 radical (unpaired) electrons. The van der Waals surface area contributed by atoms with Gasteiger partial charge in [-0.05, 0) is 36.4 Å². The van der Waals surface area contributed by atoms with E-state index < -0.39 is 8.32 Å². The Bertz CT molecular complexity index is 238. The summed E-state index contributed by atoms with van der Waals surface area (Å²) in [7, 11) is -1.85. The maximum atomic E-state index is 9.66. The maximum Gasteiger partial charge on any atom is 0.200 e. The molecule has 0 aromatic carbocycles. The van der Waals surface area contributed by atoms with Gasteiger partial charge < -0.3 is 9.53 Å². The summed E-state index contributed by atoms with van der Waals surface area (Å²) in [5.74, 6) is 0. The Morgan fingerprint density at radius 1 is 1.00 bits per heavy atom. The average molecular weight is 287 g/mol. The van der Waals surface area contributed by atoms with Gasteiger partial charge in [-0.3, -0.25) is 0 Å². The van der Waals surface area contributed by atoms with Crippen LogP contribution >= 0.6 is 0 Å². The molecular formula is C16H34O2Si. The summed E-state index contributed by atoms with van der Waals surface area (Å²) in [5.41, 5.74) is 1.73. The first-order valence-electron chi connectivity index (χ1n) is 7.65. The molecule has 0 aliphatic carbocycles. The second kappa shape index (κ2) is 8.23. The first-order chi connectivity index (χ1) is 8.68. The summed E-state index contributed by atoms with van der Waals surface area (Å²) in [6.45, 7) is 19.4. The molecule has 0 unspecified atom stereocenters. The molecule has 0 saturated heterocycles. The van der Waals surface area contributed by atoms with Crippen molar-refractivity contribution in [2.24, 2.45) is 0 Å². The van der Waals surface area contributed by atoms with Gasteiger partial charge in [0, 0.05) is 0 Å². The highest BCUT2D eigenvalue weighted by atomic mass is 28.4. The fourth-order valence-corrected chi connectivity index (χ4v) is 9.04. The zero-order valence-corrected chi connectivity index (χ0v) is 14.9. The summed E-state index contributed by atoms with van der Waals surface area (Å²) in [6.07, 6.45) is 3.23. The maximum absolute atomic E-state index is 9.66. The molecule has 0 amide bonds. The van der Waals surface area contributed by atoms with Crippen molar-refractivity contribution in [2.45, 2.75) is 90.1 Å². The molecule has 0 fully saturated rings. The van der Waals surface area contributed by atoms with Crippen LogP contribution in [0.1, 0.15) is 61.3 Å². The summed E-state index contributed by atoms with van der Waals surface area (Å²) in [4.78, 5) is 0. The number of hydrogen-bond acceptors (Lipinski definition) is 2. The number of aliphatic hydroxyl groups excluding tert-OH is 1. The fraction of sp³-hybridized carbons (Fsp3) is 0.875. The van der Waals surface area contributed by atoms with Crippen molar-refractivity contribution in [3.05, 3.63) is 12.7 Å². The zero-order valence-electron chi connectivity index (χ0n) is 13.9. The van der Waals surface area contributed by atoms with Gasteiger partial charge >= 0.3 is 0 Å². The van der Waals surface area contributed by atoms with E-state index in [1.54, 1.807) is 0 Å². The van der Waals surface area contributed by atoms with Crippen LogP contribution in [0.5, 0.6) is 0 Å². The van der Waals surface area contributed by atoms with Crippen molar-refractivity contribution >= 4 is 8.32 Å². The minimum absolute atomic E-state index is 0.108. The largest absolute Gasteiger partial charge is 0.413 e. The second-order valence-electron chi connectivity index (χ2n) is 6.67. The lowest BCUT2D eigenvalue weighted by Crippen LogP contribution is -2.50. The molecule has 2 nitrogen and oxygen atoms in total. The van der Waals surface area contributed by atoms with E-state index in [1.165, 1.54) is 0 Å². The Balaban J connectivity index is 5.19. The predicted octanol–water partition coefficient (Wildman–Crippen LogP) is 4.89. The predicted molar refractivity (Wildman–Crippen MR) is 87.0 cm³/mol. The molecule has 0 rings (SSSR count). The molecule has 2 atom stereocenters. The number of hydrogen-bond donors (Lipinski definition) is 1. The van der Waals surface area contributed by atoms with Crippen LogP contribution in [-0.4, -0.2) is 25.6 Å². The molecule has 0 heterocycles. The van der Waals surface area contributed by atoms with Crippen molar-refractivity contribution in [1.29, 1.82) is 0 Å². The molecule has 0 saturated carbocycles. The standard InChI is InChI=1S/C16H34O2Si/c1-9-10-16(11-15(8)17)18-19(12(2)3,13(4)5)14(6)7/h9,12-17H,1,10-11H2,2-8H3/t15-,16-/m0/s1. The minimum Gasteiger partial charge on any atom is -0.413 e. The smallest absolute Gasteiger partial charge is 0.200 e. The Hall–Kier alpha value is -0.123. The third-order valence-electron chi connectivity index (χ3n) is 4.11. The molecular weight excluding hydrogens is 252 g/mol. The second-order valence-corrected chi connectivity index (χ2v) is 12.1. The van der Waals surface area contributed by atoms with Crippen LogP contribution in [0.25, 0.3) is 0 Å². The van der Waals surface area contributed by atoms with Gasteiger partial charge in [-0.1, -0.05) is 47.6 Å². The summed E-state index contributed by atoms with van der Waals surface area (Å²) >= 11 is 0. The Morgan fingerprint density at radius 3 is 1.68 bits per heavy atom. The molecule has 0 aliphatic rings. The van der Waals surface area contributed by atoms with E-state index >= 15 is 0 Å². The highest BCUT2D eigenvalue weighted by Gasteiger charge is 2.46. The van der Waals surface area contributed by atoms with Crippen LogP contribution < -0.4 is 0 Å². The highest BCUT2D eigenvalue weighted by Crippen LogP contribution is 2.43. The topological polar surface area (TPSA) is 29.5 Å². The van der Waals surface area contributed by atoms with Gasteiger partial charge in [0.1, 0.15) is 0 Å². The summed E-state index contributed by atoms with van der Waals surface area (Å²) < 4.78 is 6.68. The summed E-state index contributed by atoms with van der Waals surface area (Å²) in [5, 5.41) is 9.66. The Labute approximate surface area is 121 Å². The molecule has 19 heavy (non-hydrogen) atoms. The van der Waals surface area contributed by atoms with E-state index in [-0.39, 0.29) is 12.2 Å². The van der Waals surface area contributed by atoms with E-state index in [0.717, 1.165) is 6.42 Å². The lowest BCUT2D eigenvalue weighted by molar-refractivity contribution is 0.0950. The van der Waals surface area contributed by atoms with Crippen LogP contribution in [0.15, 0.2) is 12.7 Å². The van der Waals surface area contributed by atoms with Crippen molar-refractivity contribution in [2.75, 3.05) is 0 Å². The molecule has 0 aliphatic heterocycles. The van der Waals surface area contributed by atoms with E-state index in [9.17, 15) is 5.11 Å². The minimum atomic E-state index is -1.85. The fourth-order valence-electron chi connectivity index (χ4n) is 3.46. The zero-order chi connectivity index (χ0) is 15.2. The highest BCUT2D eigenvalue weighted by molar-refractivity contribution is 6.77. The number of rotatable bonds is 9. The van der Waals surface area contributed by atoms with Crippen LogP contribution in [0.2, 0.25) is 16.6 Å². The van der Waals surface area contributed by atoms with Crippen molar-refractivity contribution < 1.29 is 9.53 Å². The van der Waals surface area contributed by atoms with Gasteiger partial charge in [-0.2, -0.15) is 0 Å². The molecule has 0 spiro atoms. The monoisotopic (exact) mass is 286 g/mol. The van der Waals surface area contributed by atoms with E-state index in [2.05, 4.69) is 48.1 Å². The van der Waals surface area contributed by atoms with E-state index in [1.807, 2.05) is 13.0 Å². The molecule has 0 aromatic rings. The van der Waals surface area contributed by atoms with Crippen LogP contribution in [0.3, 0.4) is 0 Å². The van der Waals surface area contributed by atoms with Crippen LogP contribution in [0.4, 0.5) is 0 Å². The van der Waals surface area contributed by atoms with Crippen LogP contribution in [-0.2, 0) is 4.43 Å². The van der Waals surface area contributed by atoms with E-state index in [0.29, 0.717) is 23.0 Å². The molecule has 114 valence electrons. The van der Waals surface area contributed by atoms with Crippen molar-refractivity contribution in [1.82, 2.24) is 0 Å². The third-order valence-corrected chi connectivity index (χ3v) is 10.3.